The largest absolute Gasteiger partial charge is 0.455 e. The highest BCUT2D eigenvalue weighted by molar-refractivity contribution is 6.17. The molecule has 0 radical (unpaired) electrons. The van der Waals surface area contributed by atoms with Crippen LogP contribution in [-0.2, 0) is 6.42 Å². The smallest absolute Gasteiger partial charge is 0.143 e. The number of fused-ring (bicyclic) bond motifs is 6. The zero-order valence-electron chi connectivity index (χ0n) is 14.4. The first-order chi connectivity index (χ1) is 12.3. The Morgan fingerprint density at radius 2 is 1.56 bits per heavy atom. The van der Waals surface area contributed by atoms with E-state index in [9.17, 15) is 0 Å². The molecule has 25 heavy (non-hydrogen) atoms. The first kappa shape index (κ1) is 14.5. The van der Waals surface area contributed by atoms with E-state index in [2.05, 4.69) is 73.7 Å². The fourth-order valence-corrected chi connectivity index (χ4v) is 3.83. The van der Waals surface area contributed by atoms with Crippen molar-refractivity contribution in [1.82, 2.24) is 0 Å². The van der Waals surface area contributed by atoms with Crippen LogP contribution < -0.4 is 0 Å². The second-order valence-electron chi connectivity index (χ2n) is 6.90. The van der Waals surface area contributed by atoms with Crippen molar-refractivity contribution in [1.29, 1.82) is 0 Å². The SMILES string of the molecule is CCCCc1ccc2oc3c4cc5ccccc5cc4ccc3c2c1. The van der Waals surface area contributed by atoms with Gasteiger partial charge in [-0.15, -0.1) is 0 Å². The van der Waals surface area contributed by atoms with Crippen molar-refractivity contribution in [3.8, 4) is 0 Å². The molecule has 122 valence electrons. The molecule has 0 aliphatic rings. The fourth-order valence-electron chi connectivity index (χ4n) is 3.83. The molecule has 0 bridgehead atoms. The van der Waals surface area contributed by atoms with Crippen LogP contribution in [0.3, 0.4) is 0 Å². The van der Waals surface area contributed by atoms with Crippen LogP contribution in [0, 0.1) is 0 Å². The molecule has 1 heteroatoms. The predicted octanol–water partition coefficient (Wildman–Crippen LogP) is 7.24. The van der Waals surface area contributed by atoms with Crippen molar-refractivity contribution >= 4 is 43.5 Å². The molecule has 0 aliphatic heterocycles. The summed E-state index contributed by atoms with van der Waals surface area (Å²) in [5, 5.41) is 7.41. The quantitative estimate of drug-likeness (QED) is 0.319. The van der Waals surface area contributed by atoms with Crippen molar-refractivity contribution in [2.75, 3.05) is 0 Å². The maximum atomic E-state index is 6.27. The molecule has 0 aliphatic carbocycles. The molecule has 5 aromatic rings. The van der Waals surface area contributed by atoms with Crippen LogP contribution in [-0.4, -0.2) is 0 Å². The first-order valence-corrected chi connectivity index (χ1v) is 9.10. The lowest BCUT2D eigenvalue weighted by molar-refractivity contribution is 0.672. The molecule has 0 N–H and O–H groups in total. The Bertz CT molecular complexity index is 1230. The van der Waals surface area contributed by atoms with Gasteiger partial charge in [0.05, 0.1) is 0 Å². The van der Waals surface area contributed by atoms with Gasteiger partial charge in [-0.3, -0.25) is 0 Å². The lowest BCUT2D eigenvalue weighted by atomic mass is 10.0. The standard InChI is InChI=1S/C24H20O/c1-2-3-6-16-9-12-23-22(13-16)20-11-10-19-14-17-7-4-5-8-18(17)15-21(19)24(20)25-23/h4-5,7-15H,2-3,6H2,1H3. The minimum atomic E-state index is 0.982. The molecule has 1 aromatic heterocycles. The van der Waals surface area contributed by atoms with Gasteiger partial charge >= 0.3 is 0 Å². The van der Waals surface area contributed by atoms with E-state index in [-0.39, 0.29) is 0 Å². The van der Waals surface area contributed by atoms with Gasteiger partial charge in [0.15, 0.2) is 0 Å². The van der Waals surface area contributed by atoms with Crippen molar-refractivity contribution in [3.63, 3.8) is 0 Å². The Kier molecular flexibility index (Phi) is 3.27. The Morgan fingerprint density at radius 3 is 2.40 bits per heavy atom. The Balaban J connectivity index is 1.81. The molecular weight excluding hydrogens is 304 g/mol. The number of unbranched alkanes of at least 4 members (excludes halogenated alkanes) is 1. The highest BCUT2D eigenvalue weighted by Gasteiger charge is 2.11. The van der Waals surface area contributed by atoms with Gasteiger partial charge in [-0.2, -0.15) is 0 Å². The van der Waals surface area contributed by atoms with Crippen molar-refractivity contribution in [2.45, 2.75) is 26.2 Å². The van der Waals surface area contributed by atoms with E-state index >= 15 is 0 Å². The van der Waals surface area contributed by atoms with Gasteiger partial charge in [-0.25, -0.2) is 0 Å². The van der Waals surface area contributed by atoms with Crippen molar-refractivity contribution < 1.29 is 4.42 Å². The average Bonchev–Trinajstić information content (AvgIpc) is 3.03. The van der Waals surface area contributed by atoms with E-state index in [1.807, 2.05) is 0 Å². The van der Waals surface area contributed by atoms with Gasteiger partial charge in [0.2, 0.25) is 0 Å². The van der Waals surface area contributed by atoms with Crippen LogP contribution in [0.15, 0.2) is 71.1 Å². The lowest BCUT2D eigenvalue weighted by Gasteiger charge is -2.03. The first-order valence-electron chi connectivity index (χ1n) is 9.10. The summed E-state index contributed by atoms with van der Waals surface area (Å²) < 4.78 is 6.27. The van der Waals surface area contributed by atoms with Gasteiger partial charge < -0.3 is 4.42 Å². The number of furan rings is 1. The summed E-state index contributed by atoms with van der Waals surface area (Å²) in [7, 11) is 0. The van der Waals surface area contributed by atoms with E-state index in [1.165, 1.54) is 50.7 Å². The number of hydrogen-bond acceptors (Lipinski definition) is 1. The third kappa shape index (κ3) is 2.31. The number of hydrogen-bond donors (Lipinski definition) is 0. The second-order valence-corrected chi connectivity index (χ2v) is 6.90. The minimum Gasteiger partial charge on any atom is -0.455 e. The van der Waals surface area contributed by atoms with E-state index in [0.29, 0.717) is 0 Å². The van der Waals surface area contributed by atoms with E-state index < -0.39 is 0 Å². The monoisotopic (exact) mass is 324 g/mol. The Morgan fingerprint density at radius 1 is 0.720 bits per heavy atom. The summed E-state index contributed by atoms with van der Waals surface area (Å²) in [6, 6.07) is 24.1. The molecule has 5 rings (SSSR count). The number of rotatable bonds is 3. The van der Waals surface area contributed by atoms with Gasteiger partial charge in [-0.1, -0.05) is 49.7 Å². The molecule has 0 saturated heterocycles. The van der Waals surface area contributed by atoms with Crippen LogP contribution in [0.1, 0.15) is 25.3 Å². The summed E-state index contributed by atoms with van der Waals surface area (Å²) >= 11 is 0. The van der Waals surface area contributed by atoms with Gasteiger partial charge in [0.25, 0.3) is 0 Å². The third-order valence-corrected chi connectivity index (χ3v) is 5.20. The fraction of sp³-hybridized carbons (Fsp3) is 0.167. The molecule has 0 atom stereocenters. The summed E-state index contributed by atoms with van der Waals surface area (Å²) in [5.41, 5.74) is 3.39. The van der Waals surface area contributed by atoms with Gasteiger partial charge in [0, 0.05) is 16.2 Å². The van der Waals surface area contributed by atoms with E-state index in [4.69, 9.17) is 4.42 Å². The lowest BCUT2D eigenvalue weighted by Crippen LogP contribution is -1.83. The van der Waals surface area contributed by atoms with Crippen LogP contribution in [0.25, 0.3) is 43.5 Å². The van der Waals surface area contributed by atoms with Gasteiger partial charge in [-0.05, 0) is 64.9 Å². The Labute approximate surface area is 146 Å². The highest BCUT2D eigenvalue weighted by atomic mass is 16.3. The predicted molar refractivity (Wildman–Crippen MR) is 107 cm³/mol. The van der Waals surface area contributed by atoms with Gasteiger partial charge in [0.1, 0.15) is 11.2 Å². The van der Waals surface area contributed by atoms with E-state index in [0.717, 1.165) is 17.6 Å². The molecule has 1 heterocycles. The second kappa shape index (κ2) is 5.63. The molecule has 0 spiro atoms. The molecular formula is C24H20O. The molecule has 0 fully saturated rings. The normalized spacial score (nSPS) is 11.9. The zero-order valence-corrected chi connectivity index (χ0v) is 14.4. The summed E-state index contributed by atoms with van der Waals surface area (Å²) in [6.07, 6.45) is 3.59. The Hall–Kier alpha value is -2.80. The highest BCUT2D eigenvalue weighted by Crippen LogP contribution is 2.36. The van der Waals surface area contributed by atoms with Crippen LogP contribution in [0.4, 0.5) is 0 Å². The molecule has 4 aromatic carbocycles. The average molecular weight is 324 g/mol. The molecule has 0 amide bonds. The number of benzene rings is 4. The van der Waals surface area contributed by atoms with Crippen molar-refractivity contribution in [2.24, 2.45) is 0 Å². The van der Waals surface area contributed by atoms with Crippen molar-refractivity contribution in [3.05, 3.63) is 72.3 Å². The summed E-state index contributed by atoms with van der Waals surface area (Å²) in [4.78, 5) is 0. The van der Waals surface area contributed by atoms with Crippen LogP contribution in [0.5, 0.6) is 0 Å². The third-order valence-electron chi connectivity index (χ3n) is 5.20. The molecule has 0 unspecified atom stereocenters. The van der Waals surface area contributed by atoms with Crippen LogP contribution >= 0.6 is 0 Å². The topological polar surface area (TPSA) is 13.1 Å². The van der Waals surface area contributed by atoms with E-state index in [1.54, 1.807) is 0 Å². The maximum Gasteiger partial charge on any atom is 0.143 e. The molecule has 1 nitrogen and oxygen atoms in total. The summed E-state index contributed by atoms with van der Waals surface area (Å²) in [5.74, 6) is 0. The van der Waals surface area contributed by atoms with Crippen LogP contribution in [0.2, 0.25) is 0 Å². The number of aryl methyl sites for hydroxylation is 1. The minimum absolute atomic E-state index is 0.982. The molecule has 0 saturated carbocycles. The maximum absolute atomic E-state index is 6.27. The zero-order chi connectivity index (χ0) is 16.8. The summed E-state index contributed by atoms with van der Waals surface area (Å²) in [6.45, 7) is 2.24.